The second-order valence-corrected chi connectivity index (χ2v) is 9.72. The molecule has 146 valence electrons. The molecular formula is C21H26ClNO4. The summed E-state index contributed by atoms with van der Waals surface area (Å²) in [5.74, 6) is 0.696. The van der Waals surface area contributed by atoms with Crippen LogP contribution in [0.5, 0.6) is 5.75 Å². The van der Waals surface area contributed by atoms with Crippen molar-refractivity contribution in [3.63, 3.8) is 0 Å². The number of piperidine rings is 4. The van der Waals surface area contributed by atoms with E-state index in [0.717, 1.165) is 44.2 Å². The number of carbonyl (C=O) groups excluding carboxylic acids is 1. The summed E-state index contributed by atoms with van der Waals surface area (Å²) in [5, 5.41) is 10.7. The summed E-state index contributed by atoms with van der Waals surface area (Å²) in [6.07, 6.45) is 4.18. The normalized spacial score (nSPS) is 38.2. The molecule has 6 rings (SSSR count). The highest BCUT2D eigenvalue weighted by Crippen LogP contribution is 2.44. The van der Waals surface area contributed by atoms with Crippen LogP contribution < -0.4 is 4.74 Å². The predicted molar refractivity (Wildman–Crippen MR) is 101 cm³/mol. The van der Waals surface area contributed by atoms with Gasteiger partial charge in [-0.1, -0.05) is 11.6 Å². The summed E-state index contributed by atoms with van der Waals surface area (Å²) in [6.45, 7) is 4.79. The largest absolute Gasteiger partial charge is 0.486 e. The van der Waals surface area contributed by atoms with Gasteiger partial charge in [0.15, 0.2) is 0 Å². The van der Waals surface area contributed by atoms with Crippen LogP contribution in [0.2, 0.25) is 5.02 Å². The van der Waals surface area contributed by atoms with Crippen LogP contribution in [0.25, 0.3) is 0 Å². The summed E-state index contributed by atoms with van der Waals surface area (Å²) in [6, 6.07) is 4.38. The Balaban J connectivity index is 1.33. The Morgan fingerprint density at radius 3 is 2.63 bits per heavy atom. The zero-order valence-electron chi connectivity index (χ0n) is 15.8. The number of aliphatic hydroxyl groups excluding tert-OH is 1. The Morgan fingerprint density at radius 2 is 1.96 bits per heavy atom. The van der Waals surface area contributed by atoms with Crippen molar-refractivity contribution in [2.45, 2.75) is 75.8 Å². The summed E-state index contributed by atoms with van der Waals surface area (Å²) >= 11 is 6.25. The molecule has 0 amide bonds. The maximum atomic E-state index is 13.0. The van der Waals surface area contributed by atoms with Gasteiger partial charge in [-0.3, -0.25) is 4.90 Å². The van der Waals surface area contributed by atoms with Gasteiger partial charge in [0.25, 0.3) is 0 Å². The molecule has 1 N–H and O–H groups in total. The molecule has 0 radical (unpaired) electrons. The smallest absolute Gasteiger partial charge is 0.342 e. The van der Waals surface area contributed by atoms with Crippen molar-refractivity contribution in [2.75, 3.05) is 6.54 Å². The minimum Gasteiger partial charge on any atom is -0.486 e. The van der Waals surface area contributed by atoms with Crippen molar-refractivity contribution >= 4 is 17.6 Å². The van der Waals surface area contributed by atoms with Crippen LogP contribution in [0.15, 0.2) is 12.1 Å². The first-order chi connectivity index (χ1) is 12.8. The maximum Gasteiger partial charge on any atom is 0.342 e. The number of hydrogen-bond donors (Lipinski definition) is 1. The zero-order valence-corrected chi connectivity index (χ0v) is 16.5. The van der Waals surface area contributed by atoms with Gasteiger partial charge in [0.05, 0.1) is 6.10 Å². The molecule has 5 aliphatic heterocycles. The summed E-state index contributed by atoms with van der Waals surface area (Å²) < 4.78 is 12.0. The number of carbonyl (C=O) groups is 1. The molecule has 4 fully saturated rings. The van der Waals surface area contributed by atoms with Gasteiger partial charge >= 0.3 is 5.97 Å². The fourth-order valence-electron chi connectivity index (χ4n) is 5.64. The molecule has 0 spiro atoms. The van der Waals surface area contributed by atoms with Crippen molar-refractivity contribution in [3.8, 4) is 5.75 Å². The van der Waals surface area contributed by atoms with Crippen LogP contribution in [-0.2, 0) is 11.2 Å². The number of aliphatic hydroxyl groups is 1. The number of benzene rings is 1. The topological polar surface area (TPSA) is 59.0 Å². The minimum absolute atomic E-state index is 0.0796. The molecule has 0 saturated carbocycles. The molecule has 0 aliphatic carbocycles. The van der Waals surface area contributed by atoms with Gasteiger partial charge in [-0.05, 0) is 44.7 Å². The van der Waals surface area contributed by atoms with Crippen LogP contribution >= 0.6 is 11.6 Å². The van der Waals surface area contributed by atoms with Crippen LogP contribution in [0.4, 0.5) is 0 Å². The zero-order chi connectivity index (χ0) is 18.9. The summed E-state index contributed by atoms with van der Waals surface area (Å²) in [5.41, 5.74) is 1.07. The lowest BCUT2D eigenvalue weighted by Crippen LogP contribution is -2.64. The number of halogens is 1. The number of ether oxygens (including phenoxy) is 2. The van der Waals surface area contributed by atoms with Gasteiger partial charge in [0.1, 0.15) is 23.0 Å². The molecule has 5 nitrogen and oxygen atoms in total. The van der Waals surface area contributed by atoms with E-state index in [-0.39, 0.29) is 23.8 Å². The lowest BCUT2D eigenvalue weighted by molar-refractivity contribution is -0.130. The highest BCUT2D eigenvalue weighted by molar-refractivity contribution is 6.31. The third-order valence-corrected chi connectivity index (χ3v) is 6.94. The van der Waals surface area contributed by atoms with Gasteiger partial charge in [0, 0.05) is 48.5 Å². The van der Waals surface area contributed by atoms with Crippen molar-refractivity contribution in [1.82, 2.24) is 4.90 Å². The third-order valence-electron chi connectivity index (χ3n) is 6.72. The van der Waals surface area contributed by atoms with E-state index >= 15 is 0 Å². The molecule has 4 bridgehead atoms. The molecule has 6 atom stereocenters. The molecule has 4 unspecified atom stereocenters. The number of esters is 1. The second-order valence-electron chi connectivity index (χ2n) is 9.28. The van der Waals surface area contributed by atoms with Gasteiger partial charge in [0.2, 0.25) is 0 Å². The van der Waals surface area contributed by atoms with E-state index in [2.05, 4.69) is 4.90 Å². The highest BCUT2D eigenvalue weighted by atomic mass is 35.5. The van der Waals surface area contributed by atoms with E-state index in [1.54, 1.807) is 6.07 Å². The minimum atomic E-state index is -0.336. The Bertz CT molecular complexity index is 779. The average molecular weight is 392 g/mol. The van der Waals surface area contributed by atoms with E-state index < -0.39 is 0 Å². The highest BCUT2D eigenvalue weighted by Gasteiger charge is 2.49. The lowest BCUT2D eigenvalue weighted by Gasteiger charge is -2.56. The second kappa shape index (κ2) is 6.10. The molecule has 4 saturated heterocycles. The quantitative estimate of drug-likeness (QED) is 0.784. The molecule has 1 aromatic carbocycles. The molecular weight excluding hydrogens is 366 g/mol. The molecule has 5 heterocycles. The fourth-order valence-corrected chi connectivity index (χ4v) is 5.88. The number of rotatable bonds is 2. The van der Waals surface area contributed by atoms with Gasteiger partial charge in [-0.15, -0.1) is 0 Å². The number of hydrogen-bond acceptors (Lipinski definition) is 5. The molecule has 0 aromatic heterocycles. The predicted octanol–water partition coefficient (Wildman–Crippen LogP) is 3.20. The van der Waals surface area contributed by atoms with E-state index in [1.807, 2.05) is 19.9 Å². The van der Waals surface area contributed by atoms with Gasteiger partial charge < -0.3 is 14.6 Å². The summed E-state index contributed by atoms with van der Waals surface area (Å²) in [4.78, 5) is 15.4. The maximum absolute atomic E-state index is 13.0. The monoisotopic (exact) mass is 391 g/mol. The standard InChI is InChI=1S/C21H26ClNO4/c1-21(2)9-12-3-13(22)6-17(19(12)27-21)20(25)26-16-7-14-4-11-5-15(8-16)23(14)10-18(11)24/h3,6,11,14-16,18,24H,4-5,7-10H2,1-2H3/t11?,14-,15?,16?,18+/m0/s1. The number of fused-ring (bicyclic) bond motifs is 2. The van der Waals surface area contributed by atoms with E-state index in [1.165, 1.54) is 0 Å². The first kappa shape index (κ1) is 17.8. The SMILES string of the molecule is CC1(C)Cc2cc(Cl)cc(C(=O)OC3CC4CC5C[C@@H](C3)N4C[C@H]5O)c2O1. The third kappa shape index (κ3) is 3.04. The van der Waals surface area contributed by atoms with Crippen molar-refractivity contribution in [2.24, 2.45) is 5.92 Å². The van der Waals surface area contributed by atoms with Crippen molar-refractivity contribution < 1.29 is 19.4 Å². The van der Waals surface area contributed by atoms with Crippen LogP contribution in [0.3, 0.4) is 0 Å². The fraction of sp³-hybridized carbons (Fsp3) is 0.667. The van der Waals surface area contributed by atoms with Gasteiger partial charge in [-0.2, -0.15) is 0 Å². The van der Waals surface area contributed by atoms with E-state index in [0.29, 0.717) is 34.3 Å². The van der Waals surface area contributed by atoms with Crippen LogP contribution in [0.1, 0.15) is 55.5 Å². The molecule has 5 aliphatic rings. The van der Waals surface area contributed by atoms with E-state index in [4.69, 9.17) is 21.1 Å². The number of nitrogens with zero attached hydrogens (tertiary/aromatic N) is 1. The Morgan fingerprint density at radius 1 is 1.26 bits per heavy atom. The lowest BCUT2D eigenvalue weighted by atomic mass is 9.71. The van der Waals surface area contributed by atoms with Crippen molar-refractivity contribution in [1.29, 1.82) is 0 Å². The van der Waals surface area contributed by atoms with E-state index in [9.17, 15) is 9.90 Å². The molecule has 27 heavy (non-hydrogen) atoms. The van der Waals surface area contributed by atoms with Gasteiger partial charge in [-0.25, -0.2) is 4.79 Å². The average Bonchev–Trinajstić information content (AvgIpc) is 2.87. The molecule has 6 heteroatoms. The Labute approximate surface area is 164 Å². The van der Waals surface area contributed by atoms with Crippen LogP contribution in [-0.4, -0.2) is 52.4 Å². The Hall–Kier alpha value is -1.30. The van der Waals surface area contributed by atoms with Crippen molar-refractivity contribution in [3.05, 3.63) is 28.3 Å². The molecule has 1 aromatic rings. The van der Waals surface area contributed by atoms with Crippen LogP contribution in [0, 0.1) is 5.92 Å². The summed E-state index contributed by atoms with van der Waals surface area (Å²) in [7, 11) is 0. The first-order valence-electron chi connectivity index (χ1n) is 9.95. The Kier molecular flexibility index (Phi) is 4.01. The first-order valence-corrected chi connectivity index (χ1v) is 10.3.